The molecule has 1 unspecified atom stereocenters. The summed E-state index contributed by atoms with van der Waals surface area (Å²) >= 11 is 0. The predicted molar refractivity (Wildman–Crippen MR) is 156 cm³/mol. The Morgan fingerprint density at radius 1 is 0.744 bits per heavy atom. The number of aromatic carboxylic acids is 1. The van der Waals surface area contributed by atoms with Gasteiger partial charge in [0.25, 0.3) is 10.1 Å². The first kappa shape index (κ1) is 43.0. The molecule has 1 aromatic rings. The van der Waals surface area contributed by atoms with Gasteiger partial charge in [0.1, 0.15) is 0 Å². The van der Waals surface area contributed by atoms with Crippen LogP contribution in [-0.4, -0.2) is 114 Å². The summed E-state index contributed by atoms with van der Waals surface area (Å²) in [6, 6.07) is 8.30. The summed E-state index contributed by atoms with van der Waals surface area (Å²) in [5, 5.41) is 6.46. The monoisotopic (exact) mass is 592 g/mol. The average Bonchev–Trinajstić information content (AvgIpc) is 2.86. The molecule has 0 saturated heterocycles. The van der Waals surface area contributed by atoms with Crippen LogP contribution in [0.25, 0.3) is 0 Å². The van der Waals surface area contributed by atoms with Crippen molar-refractivity contribution in [2.75, 3.05) is 13.2 Å². The Hall–Kier alpha value is -0.460. The molecule has 0 aliphatic rings. The number of rotatable bonds is 19. The van der Waals surface area contributed by atoms with Crippen molar-refractivity contribution in [3.8, 4) is 0 Å². The molecular formula is C27H46Na2O9S. The third kappa shape index (κ3) is 25.0. The molecular weight excluding hydrogens is 546 g/mol. The second kappa shape index (κ2) is 27.7. The van der Waals surface area contributed by atoms with Crippen molar-refractivity contribution >= 4 is 87.1 Å². The SMILES string of the molecule is CCCCCCCCOC(=O)CC(C(=O)OCCCCCCCC)S(=O)(=O)O.O=C(O)c1ccccc1.[NaH].[NaH]. The van der Waals surface area contributed by atoms with Gasteiger partial charge in [-0.25, -0.2) is 4.79 Å². The van der Waals surface area contributed by atoms with Gasteiger partial charge in [0, 0.05) is 0 Å². The molecule has 0 heterocycles. The number of carbonyl (C=O) groups is 3. The predicted octanol–water partition coefficient (Wildman–Crippen LogP) is 4.53. The number of benzene rings is 1. The molecule has 0 aliphatic carbocycles. The van der Waals surface area contributed by atoms with E-state index in [1.807, 2.05) is 0 Å². The molecule has 0 saturated carbocycles. The van der Waals surface area contributed by atoms with Gasteiger partial charge in [0.05, 0.1) is 25.2 Å². The zero-order valence-corrected chi connectivity index (χ0v) is 23.0. The van der Waals surface area contributed by atoms with Gasteiger partial charge in [-0.2, -0.15) is 8.42 Å². The molecule has 0 fully saturated rings. The van der Waals surface area contributed by atoms with E-state index in [0.717, 1.165) is 57.8 Å². The fourth-order valence-corrected chi connectivity index (χ4v) is 3.98. The Bertz CT molecular complexity index is 865. The third-order valence-corrected chi connectivity index (χ3v) is 6.58. The number of unbranched alkanes of at least 4 members (excludes halogenated alkanes) is 10. The van der Waals surface area contributed by atoms with Crippen molar-refractivity contribution < 1.29 is 41.9 Å². The third-order valence-electron chi connectivity index (χ3n) is 5.50. The number of ether oxygens (including phenoxy) is 2. The van der Waals surface area contributed by atoms with Crippen molar-refractivity contribution in [3.63, 3.8) is 0 Å². The first-order valence-electron chi connectivity index (χ1n) is 13.2. The molecule has 0 spiro atoms. The second-order valence-electron chi connectivity index (χ2n) is 8.80. The van der Waals surface area contributed by atoms with Crippen LogP contribution >= 0.6 is 0 Å². The van der Waals surface area contributed by atoms with Crippen molar-refractivity contribution in [1.29, 1.82) is 0 Å². The van der Waals surface area contributed by atoms with E-state index in [0.29, 0.717) is 18.4 Å². The molecule has 216 valence electrons. The van der Waals surface area contributed by atoms with Gasteiger partial charge in [-0.15, -0.1) is 0 Å². The Kier molecular flexibility index (Phi) is 30.5. The maximum atomic E-state index is 12.0. The number of hydrogen-bond acceptors (Lipinski definition) is 7. The van der Waals surface area contributed by atoms with Crippen LogP contribution in [0.5, 0.6) is 0 Å². The summed E-state index contributed by atoms with van der Waals surface area (Å²) in [7, 11) is -4.73. The summed E-state index contributed by atoms with van der Waals surface area (Å²) in [6.45, 7) is 4.50. The van der Waals surface area contributed by atoms with Crippen LogP contribution in [-0.2, 0) is 29.2 Å². The van der Waals surface area contributed by atoms with Crippen LogP contribution in [0.2, 0.25) is 0 Å². The second-order valence-corrected chi connectivity index (χ2v) is 10.4. The minimum absolute atomic E-state index is 0. The fraction of sp³-hybridized carbons (Fsp3) is 0.667. The number of esters is 2. The zero-order chi connectivity index (χ0) is 27.9. The zero-order valence-electron chi connectivity index (χ0n) is 22.2. The molecule has 9 nitrogen and oxygen atoms in total. The summed E-state index contributed by atoms with van der Waals surface area (Å²) in [5.74, 6) is -2.81. The molecule has 0 bridgehead atoms. The van der Waals surface area contributed by atoms with Crippen LogP contribution in [0.4, 0.5) is 0 Å². The molecule has 0 aliphatic heterocycles. The molecule has 1 aromatic carbocycles. The molecule has 39 heavy (non-hydrogen) atoms. The Labute approximate surface area is 278 Å². The first-order valence-corrected chi connectivity index (χ1v) is 14.7. The Morgan fingerprint density at radius 3 is 1.59 bits per heavy atom. The summed E-state index contributed by atoms with van der Waals surface area (Å²) < 4.78 is 42.0. The molecule has 2 N–H and O–H groups in total. The van der Waals surface area contributed by atoms with E-state index in [1.165, 1.54) is 6.42 Å². The van der Waals surface area contributed by atoms with Crippen LogP contribution in [0.3, 0.4) is 0 Å². The van der Waals surface area contributed by atoms with E-state index in [9.17, 15) is 27.4 Å². The molecule has 0 aromatic heterocycles. The first-order chi connectivity index (χ1) is 17.6. The van der Waals surface area contributed by atoms with Gasteiger partial charge in [-0.05, 0) is 25.0 Å². The summed E-state index contributed by atoms with van der Waals surface area (Å²) in [4.78, 5) is 34.0. The van der Waals surface area contributed by atoms with E-state index in [-0.39, 0.29) is 72.3 Å². The number of carbonyl (C=O) groups excluding carboxylic acids is 2. The number of carboxylic acid groups (broad SMARTS) is 1. The quantitative estimate of drug-likeness (QED) is 0.102. The van der Waals surface area contributed by atoms with E-state index in [4.69, 9.17) is 14.6 Å². The number of carboxylic acids is 1. The Morgan fingerprint density at radius 2 is 1.18 bits per heavy atom. The normalized spacial score (nSPS) is 11.1. The molecule has 0 radical (unpaired) electrons. The maximum absolute atomic E-state index is 12.0. The van der Waals surface area contributed by atoms with Crippen molar-refractivity contribution in [2.24, 2.45) is 0 Å². The summed E-state index contributed by atoms with van der Waals surface area (Å²) in [6.07, 6.45) is 11.3. The summed E-state index contributed by atoms with van der Waals surface area (Å²) in [5.41, 5.74) is 0.331. The van der Waals surface area contributed by atoms with Crippen molar-refractivity contribution in [3.05, 3.63) is 35.9 Å². The van der Waals surface area contributed by atoms with Gasteiger partial charge < -0.3 is 14.6 Å². The molecule has 12 heteroatoms. The Balaban J connectivity index is -0.000000992. The van der Waals surface area contributed by atoms with Gasteiger partial charge >= 0.3 is 77.0 Å². The molecule has 0 amide bonds. The van der Waals surface area contributed by atoms with Crippen LogP contribution in [0.15, 0.2) is 30.3 Å². The van der Waals surface area contributed by atoms with Crippen molar-refractivity contribution in [1.82, 2.24) is 0 Å². The van der Waals surface area contributed by atoms with Crippen LogP contribution in [0.1, 0.15) is 108 Å². The van der Waals surface area contributed by atoms with E-state index in [1.54, 1.807) is 30.3 Å². The number of hydrogen-bond donors (Lipinski definition) is 2. The molecule has 1 atom stereocenters. The van der Waals surface area contributed by atoms with Gasteiger partial charge in [0.15, 0.2) is 5.25 Å². The fourth-order valence-electron chi connectivity index (χ4n) is 3.32. The van der Waals surface area contributed by atoms with Crippen LogP contribution in [0, 0.1) is 0 Å². The van der Waals surface area contributed by atoms with E-state index >= 15 is 0 Å². The topological polar surface area (TPSA) is 144 Å². The van der Waals surface area contributed by atoms with Crippen LogP contribution < -0.4 is 0 Å². The van der Waals surface area contributed by atoms with Gasteiger partial charge in [-0.1, -0.05) is 96.3 Å². The standard InChI is InChI=1S/C20H38O7S.C7H6O2.2Na.2H/c1-3-5-7-9-11-13-15-26-19(21)17-18(28(23,24)25)20(22)27-16-14-12-10-8-6-4-2;8-7(9)6-4-2-1-3-5-6;;;;/h18H,3-17H2,1-2H3,(H,23,24,25);1-5H,(H,8,9);;;;. The van der Waals surface area contributed by atoms with E-state index in [2.05, 4.69) is 13.8 Å². The van der Waals surface area contributed by atoms with E-state index < -0.39 is 39.7 Å². The van der Waals surface area contributed by atoms with Crippen molar-refractivity contribution in [2.45, 2.75) is 103 Å². The van der Waals surface area contributed by atoms with Gasteiger partial charge in [-0.3, -0.25) is 14.1 Å². The van der Waals surface area contributed by atoms with Gasteiger partial charge in [0.2, 0.25) is 0 Å². The minimum atomic E-state index is -4.73. The molecule has 1 rings (SSSR count). The average molecular weight is 593 g/mol.